The molecule has 0 rings (SSSR count). The molecule has 72 heavy (non-hydrogen) atoms. The van der Waals surface area contributed by atoms with Crippen molar-refractivity contribution in [1.29, 1.82) is 0 Å². The zero-order chi connectivity index (χ0) is 55.6. The molecule has 8 amide bonds. The van der Waals surface area contributed by atoms with Crippen LogP contribution in [0.5, 0.6) is 0 Å². The first-order valence-corrected chi connectivity index (χ1v) is 24.8. The Morgan fingerprint density at radius 2 is 0.972 bits per heavy atom. The summed E-state index contributed by atoms with van der Waals surface area (Å²) in [5.41, 5.74) is 18.4. The highest BCUT2D eigenvalue weighted by Crippen LogP contribution is 2.13. The Labute approximate surface area is 422 Å². The van der Waals surface area contributed by atoms with Crippen LogP contribution in [0.25, 0.3) is 0 Å². The van der Waals surface area contributed by atoms with Gasteiger partial charge in [-0.05, 0) is 82.5 Å². The Kier molecular flexibility index (Phi) is 30.6. The molecule has 0 fully saturated rings. The fourth-order valence-electron chi connectivity index (χ4n) is 7.18. The third-order valence-corrected chi connectivity index (χ3v) is 11.6. The van der Waals surface area contributed by atoms with Crippen molar-refractivity contribution in [2.45, 2.75) is 188 Å². The van der Waals surface area contributed by atoms with Gasteiger partial charge in [-0.15, -0.1) is 0 Å². The molecule has 412 valence electrons. The van der Waals surface area contributed by atoms with Crippen molar-refractivity contribution in [1.82, 2.24) is 42.5 Å². The Morgan fingerprint density at radius 3 is 1.43 bits per heavy atom. The number of quaternary nitrogens is 2. The average molecular weight is 1030 g/mol. The van der Waals surface area contributed by atoms with Gasteiger partial charge in [-0.1, -0.05) is 61.8 Å². The smallest absolute Gasteiger partial charge is 0.338 e. The lowest BCUT2D eigenvalue weighted by atomic mass is 9.97. The van der Waals surface area contributed by atoms with E-state index in [9.17, 15) is 58.2 Å². The SMILES string of the molecule is CC[C@H](C)[C@H](NC(=O)[C@@H]([NH3+])CC(=O)O)C(=O)N[C@@H](CCC[NH+]=C(N)N)C(=O)N[C@@H](C)C(=O)N[C@@H](CC(C)C)C(=O)N[C@@H](CCCC[NH3+])C(=O)N[C@H](C(=O)N[C@@H](CC(C)C)C(=O)N[C@H](C(=O)O)C(C)C)[C@@H](C)O. The van der Waals surface area contributed by atoms with E-state index in [1.54, 1.807) is 55.4 Å². The summed E-state index contributed by atoms with van der Waals surface area (Å²) in [6.45, 7) is 17.1. The number of amides is 8. The molecule has 22 N–H and O–H groups in total. The van der Waals surface area contributed by atoms with Gasteiger partial charge in [0, 0.05) is 0 Å². The van der Waals surface area contributed by atoms with Crippen LogP contribution in [0.4, 0.5) is 0 Å². The van der Waals surface area contributed by atoms with E-state index in [0.29, 0.717) is 25.8 Å². The molecular weight excluding hydrogens is 943 g/mol. The number of aliphatic hydroxyl groups is 1. The first kappa shape index (κ1) is 65.8. The number of nitrogens with two attached hydrogens (primary N) is 2. The Morgan fingerprint density at radius 1 is 0.542 bits per heavy atom. The number of carboxylic acid groups (broad SMARTS) is 2. The van der Waals surface area contributed by atoms with Crippen LogP contribution in [0.1, 0.15) is 127 Å². The van der Waals surface area contributed by atoms with Gasteiger partial charge in [0.1, 0.15) is 54.8 Å². The maximum absolute atomic E-state index is 14.0. The van der Waals surface area contributed by atoms with Gasteiger partial charge in [-0.2, -0.15) is 0 Å². The van der Waals surface area contributed by atoms with E-state index in [4.69, 9.17) is 16.6 Å². The van der Waals surface area contributed by atoms with Gasteiger partial charge in [0.15, 0.2) is 6.04 Å². The van der Waals surface area contributed by atoms with Gasteiger partial charge in [-0.3, -0.25) is 59.6 Å². The summed E-state index contributed by atoms with van der Waals surface area (Å²) >= 11 is 0. The molecular formula is C46H88N13O13+3. The number of hydrogen-bond donors (Lipinski definition) is 16. The maximum Gasteiger partial charge on any atom is 0.338 e. The van der Waals surface area contributed by atoms with Crippen molar-refractivity contribution in [3.8, 4) is 0 Å². The van der Waals surface area contributed by atoms with Gasteiger partial charge in [0.25, 0.3) is 5.91 Å². The summed E-state index contributed by atoms with van der Waals surface area (Å²) < 4.78 is 0. The molecule has 26 nitrogen and oxygen atoms in total. The van der Waals surface area contributed by atoms with Crippen LogP contribution >= 0.6 is 0 Å². The number of carboxylic acids is 2. The number of nitrogens with one attached hydrogen (secondary N) is 9. The van der Waals surface area contributed by atoms with Crippen LogP contribution in [0.3, 0.4) is 0 Å². The summed E-state index contributed by atoms with van der Waals surface area (Å²) in [5, 5.41) is 50.0. The maximum atomic E-state index is 14.0. The van der Waals surface area contributed by atoms with Gasteiger partial charge >= 0.3 is 17.9 Å². The lowest BCUT2D eigenvalue weighted by molar-refractivity contribution is -0.459. The lowest BCUT2D eigenvalue weighted by Gasteiger charge is -2.29. The van der Waals surface area contributed by atoms with Crippen molar-refractivity contribution >= 4 is 65.2 Å². The molecule has 0 aromatic carbocycles. The molecule has 11 atom stereocenters. The van der Waals surface area contributed by atoms with Crippen molar-refractivity contribution < 1.29 is 79.7 Å². The lowest BCUT2D eigenvalue weighted by Crippen LogP contribution is -2.78. The second-order valence-corrected chi connectivity index (χ2v) is 19.6. The van der Waals surface area contributed by atoms with Crippen molar-refractivity contribution in [3.05, 3.63) is 0 Å². The molecule has 0 unspecified atom stereocenters. The molecule has 0 spiro atoms. The minimum atomic E-state index is -1.63. The molecule has 0 saturated heterocycles. The highest BCUT2D eigenvalue weighted by atomic mass is 16.4. The molecule has 0 aromatic rings. The average Bonchev–Trinajstić information content (AvgIpc) is 3.27. The molecule has 0 bridgehead atoms. The normalized spacial score (nSPS) is 15.9. The molecule has 26 heteroatoms. The number of unbranched alkanes of at least 4 members (excludes halogenated alkanes) is 1. The minimum Gasteiger partial charge on any atom is -0.481 e. The van der Waals surface area contributed by atoms with Crippen molar-refractivity contribution in [3.63, 3.8) is 0 Å². The predicted molar refractivity (Wildman–Crippen MR) is 263 cm³/mol. The Balaban J connectivity index is 6.52. The highest BCUT2D eigenvalue weighted by Gasteiger charge is 2.37. The number of aliphatic hydroxyl groups excluding tert-OH is 1. The standard InChI is InChI=1S/C46H85N13O13/c1-11-25(8)35(58-38(64)28(48)21-33(61)62)43(69)54-30(16-14-18-51-46(49)50)39(65)52-26(9)37(63)55-31(19-22(2)3)41(67)53-29(15-12-13-17-47)40(66)59-36(27(10)60)44(70)56-32(20-23(4)5)42(68)57-34(24(6)7)45(71)72/h22-32,34-36,60H,11-21,47-48H2,1-10H3,(H,52,65)(H,53,67)(H,54,69)(H,55,63)(H,56,70)(H,57,68)(H,58,64)(H,59,66)(H,61,62)(H,71,72)(H4,49,50,51)/p+3/t25-,26-,27+,28-,29-,30-,31-,32-,34-,35-,36-/m0/s1. The first-order chi connectivity index (χ1) is 33.5. The number of carbonyl (C=O) groups is 10. The summed E-state index contributed by atoms with van der Waals surface area (Å²) in [6.07, 6.45) is -0.285. The van der Waals surface area contributed by atoms with E-state index < -0.39 is 138 Å². The summed E-state index contributed by atoms with van der Waals surface area (Å²) in [5.74, 6) is -10.4. The first-order valence-electron chi connectivity index (χ1n) is 24.8. The molecule has 0 aliphatic heterocycles. The van der Waals surface area contributed by atoms with Crippen LogP contribution in [0.2, 0.25) is 0 Å². The highest BCUT2D eigenvalue weighted by molar-refractivity contribution is 5.98. The van der Waals surface area contributed by atoms with Gasteiger partial charge in [0.05, 0.1) is 19.2 Å². The molecule has 0 saturated carbocycles. The van der Waals surface area contributed by atoms with Crippen LogP contribution in [0.15, 0.2) is 0 Å². The van der Waals surface area contributed by atoms with E-state index in [1.165, 1.54) is 13.8 Å². The van der Waals surface area contributed by atoms with Crippen molar-refractivity contribution in [2.24, 2.45) is 35.1 Å². The van der Waals surface area contributed by atoms with Gasteiger partial charge in [0.2, 0.25) is 41.4 Å². The summed E-state index contributed by atoms with van der Waals surface area (Å²) in [6, 6.07) is -11.7. The van der Waals surface area contributed by atoms with Crippen LogP contribution < -0.4 is 70.5 Å². The Hall–Kier alpha value is -6.15. The van der Waals surface area contributed by atoms with E-state index in [-0.39, 0.29) is 56.4 Å². The van der Waals surface area contributed by atoms with E-state index in [1.807, 2.05) is 0 Å². The third-order valence-electron chi connectivity index (χ3n) is 11.6. The number of hydrogen-bond acceptors (Lipinski definition) is 11. The number of rotatable bonds is 35. The number of guanidine groups is 1. The van der Waals surface area contributed by atoms with Gasteiger partial charge in [-0.25, -0.2) is 4.79 Å². The third kappa shape index (κ3) is 25.3. The minimum absolute atomic E-state index is 0.00277. The predicted octanol–water partition coefficient (Wildman–Crippen LogP) is -6.22. The quantitative estimate of drug-likeness (QED) is 0.0160. The fraction of sp³-hybridized carbons (Fsp3) is 0.761. The van der Waals surface area contributed by atoms with Crippen molar-refractivity contribution in [2.75, 3.05) is 13.1 Å². The van der Waals surface area contributed by atoms with E-state index >= 15 is 0 Å². The Bertz CT molecular complexity index is 1840. The summed E-state index contributed by atoms with van der Waals surface area (Å²) in [7, 11) is 0. The van der Waals surface area contributed by atoms with Crippen LogP contribution in [-0.4, -0.2) is 154 Å². The topological polar surface area (TPSA) is 449 Å². The van der Waals surface area contributed by atoms with E-state index in [0.717, 1.165) is 0 Å². The molecule has 0 heterocycles. The van der Waals surface area contributed by atoms with E-state index in [2.05, 4.69) is 59.0 Å². The number of carbonyl (C=O) groups excluding carboxylic acids is 8. The van der Waals surface area contributed by atoms with Crippen LogP contribution in [-0.2, 0) is 47.9 Å². The molecule has 0 aromatic heterocycles. The largest absolute Gasteiger partial charge is 0.481 e. The second-order valence-electron chi connectivity index (χ2n) is 19.6. The monoisotopic (exact) mass is 1030 g/mol. The zero-order valence-electron chi connectivity index (χ0n) is 43.9. The number of aliphatic carboxylic acids is 2. The molecule has 0 radical (unpaired) electrons. The molecule has 0 aliphatic rings. The zero-order valence-corrected chi connectivity index (χ0v) is 43.9. The fourth-order valence-corrected chi connectivity index (χ4v) is 7.18. The molecule has 0 aliphatic carbocycles. The summed E-state index contributed by atoms with van der Waals surface area (Å²) in [4.78, 5) is 135. The van der Waals surface area contributed by atoms with Gasteiger partial charge < -0.3 is 69.3 Å². The second kappa shape index (κ2) is 33.5. The van der Waals surface area contributed by atoms with Crippen LogP contribution in [0, 0.1) is 23.7 Å².